The Balaban J connectivity index is 0.00000192. The van der Waals surface area contributed by atoms with Crippen LogP contribution in [0.1, 0.15) is 30.9 Å². The van der Waals surface area contributed by atoms with Crippen molar-refractivity contribution in [1.82, 2.24) is 10.2 Å². The largest absolute Gasteiger partial charge is 0.573 e. The SMILES string of the molecule is Cl.FC(F)(F)Oc1cccc([C@H](CC2CC2)N2CCNCC2)c1. The van der Waals surface area contributed by atoms with E-state index in [4.69, 9.17) is 0 Å². The van der Waals surface area contributed by atoms with Crippen molar-refractivity contribution in [2.24, 2.45) is 5.92 Å². The van der Waals surface area contributed by atoms with Crippen molar-refractivity contribution in [3.05, 3.63) is 29.8 Å². The molecule has 1 N–H and O–H groups in total. The lowest BCUT2D eigenvalue weighted by atomic mass is 9.98. The average Bonchev–Trinajstić information content (AvgIpc) is 3.28. The normalized spacial score (nSPS) is 20.7. The van der Waals surface area contributed by atoms with Gasteiger partial charge in [0.15, 0.2) is 0 Å². The van der Waals surface area contributed by atoms with Crippen LogP contribution in [0.25, 0.3) is 0 Å². The molecule has 7 heteroatoms. The van der Waals surface area contributed by atoms with E-state index in [9.17, 15) is 13.2 Å². The molecule has 1 aliphatic heterocycles. The van der Waals surface area contributed by atoms with E-state index in [1.807, 2.05) is 6.07 Å². The molecule has 0 spiro atoms. The van der Waals surface area contributed by atoms with Crippen LogP contribution >= 0.6 is 12.4 Å². The van der Waals surface area contributed by atoms with Gasteiger partial charge < -0.3 is 10.1 Å². The summed E-state index contributed by atoms with van der Waals surface area (Å²) in [6, 6.07) is 6.66. The van der Waals surface area contributed by atoms with Gasteiger partial charge in [0.25, 0.3) is 0 Å². The molecule has 1 aromatic carbocycles. The Hall–Kier alpha value is -0.980. The highest BCUT2D eigenvalue weighted by Gasteiger charge is 2.33. The summed E-state index contributed by atoms with van der Waals surface area (Å²) in [5, 5.41) is 3.32. The first-order valence-corrected chi connectivity index (χ1v) is 7.82. The van der Waals surface area contributed by atoms with Gasteiger partial charge >= 0.3 is 6.36 Å². The minimum atomic E-state index is -4.64. The molecule has 1 heterocycles. The van der Waals surface area contributed by atoms with Crippen molar-refractivity contribution < 1.29 is 17.9 Å². The zero-order chi connectivity index (χ0) is 15.6. The van der Waals surface area contributed by atoms with Crippen LogP contribution in [0.2, 0.25) is 0 Å². The highest BCUT2D eigenvalue weighted by Crippen LogP contribution is 2.41. The van der Waals surface area contributed by atoms with Gasteiger partial charge in [-0.3, -0.25) is 4.90 Å². The van der Waals surface area contributed by atoms with E-state index in [1.165, 1.54) is 18.9 Å². The van der Waals surface area contributed by atoms with Gasteiger partial charge in [-0.2, -0.15) is 0 Å². The molecule has 130 valence electrons. The van der Waals surface area contributed by atoms with Gasteiger partial charge in [0.05, 0.1) is 0 Å². The molecule has 0 unspecified atom stereocenters. The first kappa shape index (κ1) is 18.4. The summed E-state index contributed by atoms with van der Waals surface area (Å²) in [5.41, 5.74) is 0.926. The summed E-state index contributed by atoms with van der Waals surface area (Å²) in [6.45, 7) is 3.73. The maximum Gasteiger partial charge on any atom is 0.573 e. The fourth-order valence-electron chi connectivity index (χ4n) is 3.08. The van der Waals surface area contributed by atoms with Gasteiger partial charge in [-0.05, 0) is 30.0 Å². The molecule has 1 saturated heterocycles. The van der Waals surface area contributed by atoms with Crippen LogP contribution in [0.4, 0.5) is 13.2 Å². The third-order valence-corrected chi connectivity index (χ3v) is 4.32. The summed E-state index contributed by atoms with van der Waals surface area (Å²) in [4.78, 5) is 2.38. The molecule has 23 heavy (non-hydrogen) atoms. The summed E-state index contributed by atoms with van der Waals surface area (Å²) in [5.74, 6) is 0.591. The predicted octanol–water partition coefficient (Wildman–Crippen LogP) is 3.75. The minimum Gasteiger partial charge on any atom is -0.406 e. The molecule has 3 rings (SSSR count). The summed E-state index contributed by atoms with van der Waals surface area (Å²) in [6.07, 6.45) is -1.14. The molecule has 1 saturated carbocycles. The highest BCUT2D eigenvalue weighted by atomic mass is 35.5. The molecule has 1 atom stereocenters. The molecule has 1 aromatic rings. The molecular formula is C16H22ClF3N2O. The van der Waals surface area contributed by atoms with E-state index in [2.05, 4.69) is 15.0 Å². The zero-order valence-electron chi connectivity index (χ0n) is 12.8. The van der Waals surface area contributed by atoms with E-state index >= 15 is 0 Å². The van der Waals surface area contributed by atoms with Crippen LogP contribution in [-0.4, -0.2) is 37.4 Å². The van der Waals surface area contributed by atoms with E-state index in [1.54, 1.807) is 12.1 Å². The number of hydrogen-bond donors (Lipinski definition) is 1. The monoisotopic (exact) mass is 350 g/mol. The maximum absolute atomic E-state index is 12.4. The van der Waals surface area contributed by atoms with Crippen molar-refractivity contribution in [2.45, 2.75) is 31.7 Å². The van der Waals surface area contributed by atoms with Crippen molar-refractivity contribution in [2.75, 3.05) is 26.2 Å². The van der Waals surface area contributed by atoms with Crippen LogP contribution in [0.15, 0.2) is 24.3 Å². The average molecular weight is 351 g/mol. The van der Waals surface area contributed by atoms with Gasteiger partial charge in [0.2, 0.25) is 0 Å². The fourth-order valence-corrected chi connectivity index (χ4v) is 3.08. The maximum atomic E-state index is 12.4. The smallest absolute Gasteiger partial charge is 0.406 e. The molecule has 0 bridgehead atoms. The number of ether oxygens (including phenoxy) is 1. The Bertz CT molecular complexity index is 502. The topological polar surface area (TPSA) is 24.5 Å². The van der Waals surface area contributed by atoms with Crippen LogP contribution in [0.5, 0.6) is 5.75 Å². The Kier molecular flexibility index (Phi) is 6.17. The van der Waals surface area contributed by atoms with Gasteiger partial charge in [0.1, 0.15) is 5.75 Å². The molecule has 0 amide bonds. The molecule has 0 radical (unpaired) electrons. The van der Waals surface area contributed by atoms with Crippen LogP contribution in [-0.2, 0) is 0 Å². The van der Waals surface area contributed by atoms with Crippen LogP contribution < -0.4 is 10.1 Å². The van der Waals surface area contributed by atoms with Gasteiger partial charge in [0, 0.05) is 32.2 Å². The van der Waals surface area contributed by atoms with Crippen molar-refractivity contribution in [1.29, 1.82) is 0 Å². The number of nitrogens with one attached hydrogen (secondary N) is 1. The second kappa shape index (κ2) is 7.73. The Labute approximate surface area is 140 Å². The van der Waals surface area contributed by atoms with Crippen LogP contribution in [0.3, 0.4) is 0 Å². The third kappa shape index (κ3) is 5.55. The van der Waals surface area contributed by atoms with Crippen molar-refractivity contribution >= 4 is 12.4 Å². The third-order valence-electron chi connectivity index (χ3n) is 4.32. The standard InChI is InChI=1S/C16H21F3N2O.ClH/c17-16(18,19)22-14-3-1-2-13(11-14)15(10-12-4-5-12)21-8-6-20-7-9-21;/h1-3,11-12,15,20H,4-10H2;1H/t15-;/m0./s1. The van der Waals surface area contributed by atoms with E-state index in [0.717, 1.165) is 38.2 Å². The molecular weight excluding hydrogens is 329 g/mol. The van der Waals surface area contributed by atoms with Gasteiger partial charge in [-0.25, -0.2) is 0 Å². The van der Waals surface area contributed by atoms with Crippen LogP contribution in [0, 0.1) is 5.92 Å². The zero-order valence-corrected chi connectivity index (χ0v) is 13.6. The lowest BCUT2D eigenvalue weighted by Gasteiger charge is -2.35. The minimum absolute atomic E-state index is 0. The van der Waals surface area contributed by atoms with E-state index in [0.29, 0.717) is 5.92 Å². The summed E-state index contributed by atoms with van der Waals surface area (Å²) < 4.78 is 41.3. The number of benzene rings is 1. The number of hydrogen-bond acceptors (Lipinski definition) is 3. The second-order valence-electron chi connectivity index (χ2n) is 6.10. The Morgan fingerprint density at radius 3 is 2.52 bits per heavy atom. The molecule has 2 aliphatic rings. The van der Waals surface area contributed by atoms with Gasteiger partial charge in [-0.1, -0.05) is 25.0 Å². The predicted molar refractivity (Wildman–Crippen MR) is 84.9 cm³/mol. The highest BCUT2D eigenvalue weighted by molar-refractivity contribution is 5.85. The molecule has 3 nitrogen and oxygen atoms in total. The number of halogens is 4. The van der Waals surface area contributed by atoms with Crippen molar-refractivity contribution in [3.8, 4) is 5.75 Å². The summed E-state index contributed by atoms with van der Waals surface area (Å²) >= 11 is 0. The van der Waals surface area contributed by atoms with E-state index in [-0.39, 0.29) is 24.2 Å². The number of alkyl halides is 3. The summed E-state index contributed by atoms with van der Waals surface area (Å²) in [7, 11) is 0. The van der Waals surface area contributed by atoms with Crippen molar-refractivity contribution in [3.63, 3.8) is 0 Å². The van der Waals surface area contributed by atoms with Gasteiger partial charge in [-0.15, -0.1) is 25.6 Å². The lowest BCUT2D eigenvalue weighted by molar-refractivity contribution is -0.274. The molecule has 1 aliphatic carbocycles. The second-order valence-corrected chi connectivity index (χ2v) is 6.10. The van der Waals surface area contributed by atoms with E-state index < -0.39 is 6.36 Å². The first-order valence-electron chi connectivity index (χ1n) is 7.82. The molecule has 2 fully saturated rings. The fraction of sp³-hybridized carbons (Fsp3) is 0.625. The lowest BCUT2D eigenvalue weighted by Crippen LogP contribution is -2.45. The number of rotatable bonds is 5. The Morgan fingerprint density at radius 1 is 1.22 bits per heavy atom. The Morgan fingerprint density at radius 2 is 1.91 bits per heavy atom. The first-order chi connectivity index (χ1) is 10.5. The quantitative estimate of drug-likeness (QED) is 0.875. The number of nitrogens with zero attached hydrogens (tertiary/aromatic N) is 1. The molecule has 0 aromatic heterocycles. The number of piperazine rings is 1.